The van der Waals surface area contributed by atoms with Gasteiger partial charge in [0.25, 0.3) is 0 Å². The van der Waals surface area contributed by atoms with Gasteiger partial charge in [0.05, 0.1) is 0 Å². The number of rotatable bonds is 4. The average Bonchev–Trinajstić information content (AvgIpc) is 2.64. The highest BCUT2D eigenvalue weighted by atomic mass is 32.1. The Kier molecular flexibility index (Phi) is 4.36. The van der Waals surface area contributed by atoms with E-state index in [1.54, 1.807) is 7.05 Å². The molecule has 3 N–H and O–H groups in total. The molecule has 6 heteroatoms. The van der Waals surface area contributed by atoms with E-state index in [4.69, 9.17) is 12.2 Å². The van der Waals surface area contributed by atoms with Crippen LogP contribution in [0.2, 0.25) is 0 Å². The topological polar surface area (TPSA) is 56.0 Å². The van der Waals surface area contributed by atoms with Gasteiger partial charge in [-0.3, -0.25) is 5.10 Å². The molecule has 0 unspecified atom stereocenters. The van der Waals surface area contributed by atoms with Crippen molar-refractivity contribution in [2.45, 2.75) is 6.92 Å². The fourth-order valence-corrected chi connectivity index (χ4v) is 1.24. The molecule has 0 spiro atoms. The Morgan fingerprint density at radius 1 is 1.67 bits per heavy atom. The van der Waals surface area contributed by atoms with Crippen LogP contribution in [0.25, 0.3) is 0 Å². The number of nitrogens with one attached hydrogen (secondary N) is 3. The number of thiocarbonyl (C=S) groups is 1. The standard InChI is InChI=1S/C9H17N5S/c1-7-6-8(13-12-7)14(3)5-4-11-9(15)10-2/h6H,4-5H2,1-3H3,(H,12,13)(H2,10,11,15). The van der Waals surface area contributed by atoms with Crippen LogP contribution < -0.4 is 15.5 Å². The van der Waals surface area contributed by atoms with E-state index in [0.717, 1.165) is 24.6 Å². The van der Waals surface area contributed by atoms with E-state index in [1.165, 1.54) is 0 Å². The molecule has 0 amide bonds. The van der Waals surface area contributed by atoms with Gasteiger partial charge >= 0.3 is 0 Å². The first-order chi connectivity index (χ1) is 7.13. The predicted octanol–water partition coefficient (Wildman–Crippen LogP) is 0.248. The third-order valence-electron chi connectivity index (χ3n) is 2.04. The Labute approximate surface area is 95.2 Å². The van der Waals surface area contributed by atoms with E-state index in [2.05, 4.69) is 25.7 Å². The van der Waals surface area contributed by atoms with Crippen LogP contribution in [0.1, 0.15) is 5.69 Å². The Morgan fingerprint density at radius 2 is 2.40 bits per heavy atom. The second kappa shape index (κ2) is 5.55. The molecule has 0 radical (unpaired) electrons. The van der Waals surface area contributed by atoms with Crippen LogP contribution in [0.3, 0.4) is 0 Å². The Bertz CT molecular complexity index is 322. The summed E-state index contributed by atoms with van der Waals surface area (Å²) in [4.78, 5) is 2.06. The number of hydrogen-bond acceptors (Lipinski definition) is 3. The monoisotopic (exact) mass is 227 g/mol. The van der Waals surface area contributed by atoms with Crippen LogP contribution in [0.15, 0.2) is 6.07 Å². The number of aryl methyl sites for hydroxylation is 1. The van der Waals surface area contributed by atoms with Crippen molar-refractivity contribution in [1.29, 1.82) is 0 Å². The van der Waals surface area contributed by atoms with Crippen molar-refractivity contribution in [3.8, 4) is 0 Å². The molecule has 5 nitrogen and oxygen atoms in total. The number of nitrogens with zero attached hydrogens (tertiary/aromatic N) is 2. The molecule has 0 aliphatic carbocycles. The quantitative estimate of drug-likeness (QED) is 0.644. The third-order valence-corrected chi connectivity index (χ3v) is 2.39. The van der Waals surface area contributed by atoms with E-state index in [1.807, 2.05) is 20.0 Å². The zero-order valence-electron chi connectivity index (χ0n) is 9.29. The minimum Gasteiger partial charge on any atom is -0.366 e. The smallest absolute Gasteiger partial charge is 0.166 e. The Morgan fingerprint density at radius 3 is 2.93 bits per heavy atom. The summed E-state index contributed by atoms with van der Waals surface area (Å²) in [5.74, 6) is 0.949. The van der Waals surface area contributed by atoms with Crippen molar-refractivity contribution in [3.63, 3.8) is 0 Å². The maximum absolute atomic E-state index is 4.97. The number of anilines is 1. The molecular formula is C9H17N5S. The van der Waals surface area contributed by atoms with Gasteiger partial charge in [0.1, 0.15) is 5.82 Å². The number of hydrogen-bond donors (Lipinski definition) is 3. The first kappa shape index (κ1) is 11.8. The second-order valence-electron chi connectivity index (χ2n) is 3.34. The number of H-pyrrole nitrogens is 1. The summed E-state index contributed by atoms with van der Waals surface area (Å²) in [6, 6.07) is 2.01. The molecule has 0 aliphatic rings. The van der Waals surface area contributed by atoms with Crippen molar-refractivity contribution in [2.75, 3.05) is 32.1 Å². The minimum absolute atomic E-state index is 0.668. The van der Waals surface area contributed by atoms with Crippen molar-refractivity contribution >= 4 is 23.1 Å². The lowest BCUT2D eigenvalue weighted by Gasteiger charge is -2.16. The number of aromatic nitrogens is 2. The maximum Gasteiger partial charge on any atom is 0.166 e. The molecule has 1 aromatic rings. The van der Waals surface area contributed by atoms with Crippen molar-refractivity contribution < 1.29 is 0 Å². The lowest BCUT2D eigenvalue weighted by molar-refractivity contribution is 0.801. The first-order valence-corrected chi connectivity index (χ1v) is 5.23. The van der Waals surface area contributed by atoms with Crippen LogP contribution in [-0.2, 0) is 0 Å². The summed E-state index contributed by atoms with van der Waals surface area (Å²) < 4.78 is 0. The Hall–Kier alpha value is -1.30. The van der Waals surface area contributed by atoms with E-state index < -0.39 is 0 Å². The Balaban J connectivity index is 2.30. The molecule has 1 rings (SSSR count). The summed E-state index contributed by atoms with van der Waals surface area (Å²) >= 11 is 4.97. The van der Waals surface area contributed by atoms with Gasteiger partial charge in [0.15, 0.2) is 5.11 Å². The number of aromatic amines is 1. The summed E-state index contributed by atoms with van der Waals surface area (Å²) in [5, 5.41) is 13.7. The highest BCUT2D eigenvalue weighted by Crippen LogP contribution is 2.07. The highest BCUT2D eigenvalue weighted by molar-refractivity contribution is 7.80. The molecule has 0 fully saturated rings. The van der Waals surface area contributed by atoms with Crippen LogP contribution in [0.4, 0.5) is 5.82 Å². The highest BCUT2D eigenvalue weighted by Gasteiger charge is 2.03. The van der Waals surface area contributed by atoms with Crippen molar-refractivity contribution in [2.24, 2.45) is 0 Å². The van der Waals surface area contributed by atoms with Gasteiger partial charge in [-0.05, 0) is 19.1 Å². The van der Waals surface area contributed by atoms with Crippen molar-refractivity contribution in [1.82, 2.24) is 20.8 Å². The van der Waals surface area contributed by atoms with E-state index in [0.29, 0.717) is 5.11 Å². The molecule has 0 bridgehead atoms. The molecule has 0 aromatic carbocycles. The van der Waals surface area contributed by atoms with Crippen LogP contribution in [0.5, 0.6) is 0 Å². The second-order valence-corrected chi connectivity index (χ2v) is 3.74. The predicted molar refractivity (Wildman–Crippen MR) is 66.3 cm³/mol. The van der Waals surface area contributed by atoms with Crippen molar-refractivity contribution in [3.05, 3.63) is 11.8 Å². The molecule has 84 valence electrons. The summed E-state index contributed by atoms with van der Waals surface area (Å²) in [6.07, 6.45) is 0. The van der Waals surface area contributed by atoms with Gasteiger partial charge in [0, 0.05) is 38.9 Å². The van der Waals surface area contributed by atoms with Crippen LogP contribution in [-0.4, -0.2) is 42.5 Å². The lowest BCUT2D eigenvalue weighted by atomic mass is 10.4. The first-order valence-electron chi connectivity index (χ1n) is 4.82. The molecule has 0 saturated carbocycles. The van der Waals surface area contributed by atoms with E-state index in [-0.39, 0.29) is 0 Å². The lowest BCUT2D eigenvalue weighted by Crippen LogP contribution is -2.37. The molecule has 15 heavy (non-hydrogen) atoms. The summed E-state index contributed by atoms with van der Waals surface area (Å²) in [5.41, 5.74) is 1.07. The van der Waals surface area contributed by atoms with Gasteiger partial charge in [-0.1, -0.05) is 0 Å². The third kappa shape index (κ3) is 3.75. The summed E-state index contributed by atoms with van der Waals surface area (Å²) in [7, 11) is 3.80. The van der Waals surface area contributed by atoms with Crippen LogP contribution in [0, 0.1) is 6.92 Å². The van der Waals surface area contributed by atoms with E-state index >= 15 is 0 Å². The van der Waals surface area contributed by atoms with E-state index in [9.17, 15) is 0 Å². The molecule has 0 atom stereocenters. The van der Waals surface area contributed by atoms with Gasteiger partial charge in [-0.25, -0.2) is 0 Å². The molecule has 0 saturated heterocycles. The molecule has 0 aliphatic heterocycles. The normalized spacial score (nSPS) is 9.80. The zero-order valence-corrected chi connectivity index (χ0v) is 10.1. The van der Waals surface area contributed by atoms with Gasteiger partial charge < -0.3 is 15.5 Å². The largest absolute Gasteiger partial charge is 0.366 e. The van der Waals surface area contributed by atoms with Gasteiger partial charge in [-0.15, -0.1) is 0 Å². The molecule has 1 heterocycles. The molecule has 1 aromatic heterocycles. The molecular weight excluding hydrogens is 210 g/mol. The zero-order chi connectivity index (χ0) is 11.3. The van der Waals surface area contributed by atoms with Gasteiger partial charge in [0.2, 0.25) is 0 Å². The summed E-state index contributed by atoms with van der Waals surface area (Å²) in [6.45, 7) is 3.63. The fraction of sp³-hybridized carbons (Fsp3) is 0.556. The minimum atomic E-state index is 0.668. The van der Waals surface area contributed by atoms with Crippen LogP contribution >= 0.6 is 12.2 Å². The number of likely N-dealkylation sites (N-methyl/N-ethyl adjacent to an activating group) is 1. The SMILES string of the molecule is CNC(=S)NCCN(C)c1cc(C)[nH]n1. The maximum atomic E-state index is 4.97. The average molecular weight is 227 g/mol. The van der Waals surface area contributed by atoms with Gasteiger partial charge in [-0.2, -0.15) is 5.10 Å². The fourth-order valence-electron chi connectivity index (χ4n) is 1.14.